The maximum Gasteiger partial charge on any atom is 0.127 e. The zero-order chi connectivity index (χ0) is 9.80. The molecule has 14 heavy (non-hydrogen) atoms. The van der Waals surface area contributed by atoms with Crippen molar-refractivity contribution in [3.63, 3.8) is 0 Å². The highest BCUT2D eigenvalue weighted by Gasteiger charge is 1.96. The van der Waals surface area contributed by atoms with E-state index < -0.39 is 0 Å². The quantitative estimate of drug-likeness (QED) is 0.824. The summed E-state index contributed by atoms with van der Waals surface area (Å²) < 4.78 is 0.826. The van der Waals surface area contributed by atoms with E-state index in [-0.39, 0.29) is 0 Å². The normalized spacial score (nSPS) is 10.1. The van der Waals surface area contributed by atoms with Crippen molar-refractivity contribution < 1.29 is 0 Å². The van der Waals surface area contributed by atoms with Gasteiger partial charge in [-0.1, -0.05) is 6.07 Å². The van der Waals surface area contributed by atoms with Gasteiger partial charge < -0.3 is 10.3 Å². The van der Waals surface area contributed by atoms with Gasteiger partial charge in [-0.05, 0) is 28.1 Å². The minimum Gasteiger partial charge on any atom is -0.364 e. The average molecular weight is 253 g/mol. The van der Waals surface area contributed by atoms with Crippen LogP contribution in [0.25, 0.3) is 0 Å². The van der Waals surface area contributed by atoms with Gasteiger partial charge in [0.15, 0.2) is 0 Å². The fraction of sp³-hybridized carbons (Fsp3) is 0.111. The Labute approximate surface area is 89.9 Å². The van der Waals surface area contributed by atoms with Crippen LogP contribution in [0.15, 0.2) is 35.3 Å². The lowest BCUT2D eigenvalue weighted by molar-refractivity contribution is 1.05. The van der Waals surface area contributed by atoms with Crippen LogP contribution in [-0.2, 0) is 6.54 Å². The molecule has 0 saturated heterocycles. The van der Waals surface area contributed by atoms with Gasteiger partial charge in [-0.25, -0.2) is 9.97 Å². The molecular formula is C9H9BrN4. The lowest BCUT2D eigenvalue weighted by Crippen LogP contribution is -2.01. The van der Waals surface area contributed by atoms with Gasteiger partial charge in [-0.3, -0.25) is 0 Å². The number of pyridine rings is 1. The fourth-order valence-electron chi connectivity index (χ4n) is 1.07. The molecule has 0 fully saturated rings. The average Bonchev–Trinajstić information content (AvgIpc) is 2.67. The topological polar surface area (TPSA) is 53.6 Å². The third-order valence-electron chi connectivity index (χ3n) is 1.73. The minimum absolute atomic E-state index is 0.698. The highest BCUT2D eigenvalue weighted by atomic mass is 79.9. The van der Waals surface area contributed by atoms with E-state index in [1.54, 1.807) is 12.5 Å². The first-order valence-corrected chi connectivity index (χ1v) is 4.97. The maximum atomic E-state index is 4.24. The van der Waals surface area contributed by atoms with Gasteiger partial charge in [0.2, 0.25) is 0 Å². The van der Waals surface area contributed by atoms with Gasteiger partial charge in [0, 0.05) is 6.20 Å². The van der Waals surface area contributed by atoms with Crippen LogP contribution in [-0.4, -0.2) is 15.0 Å². The number of imidazole rings is 1. The minimum atomic E-state index is 0.698. The number of H-pyrrole nitrogens is 1. The first-order valence-electron chi connectivity index (χ1n) is 4.18. The van der Waals surface area contributed by atoms with Crippen molar-refractivity contribution in [1.82, 2.24) is 15.0 Å². The molecule has 5 heteroatoms. The van der Waals surface area contributed by atoms with Gasteiger partial charge in [0.1, 0.15) is 10.4 Å². The largest absolute Gasteiger partial charge is 0.364 e. The molecule has 2 aromatic rings. The molecule has 0 aliphatic heterocycles. The van der Waals surface area contributed by atoms with Crippen molar-refractivity contribution in [2.24, 2.45) is 0 Å². The van der Waals surface area contributed by atoms with Crippen LogP contribution in [0.1, 0.15) is 5.69 Å². The van der Waals surface area contributed by atoms with Crippen LogP contribution >= 0.6 is 15.9 Å². The van der Waals surface area contributed by atoms with Crippen molar-refractivity contribution in [1.29, 1.82) is 0 Å². The van der Waals surface area contributed by atoms with Gasteiger partial charge in [0.05, 0.1) is 18.6 Å². The molecule has 0 aliphatic rings. The molecule has 0 aromatic carbocycles. The summed E-state index contributed by atoms with van der Waals surface area (Å²) in [6.07, 6.45) is 3.44. The molecule has 72 valence electrons. The molecule has 4 nitrogen and oxygen atoms in total. The van der Waals surface area contributed by atoms with Gasteiger partial charge in [0.25, 0.3) is 0 Å². The van der Waals surface area contributed by atoms with Crippen molar-refractivity contribution >= 4 is 21.7 Å². The summed E-state index contributed by atoms with van der Waals surface area (Å²) in [5, 5.41) is 3.18. The number of anilines is 1. The Bertz CT molecular complexity index is 399. The third-order valence-corrected chi connectivity index (χ3v) is 2.17. The molecule has 2 rings (SSSR count). The first-order chi connectivity index (χ1) is 6.84. The van der Waals surface area contributed by atoms with Gasteiger partial charge in [-0.2, -0.15) is 0 Å². The zero-order valence-corrected chi connectivity index (χ0v) is 8.95. The van der Waals surface area contributed by atoms with E-state index in [0.717, 1.165) is 16.1 Å². The van der Waals surface area contributed by atoms with Crippen LogP contribution in [0, 0.1) is 0 Å². The summed E-state index contributed by atoms with van der Waals surface area (Å²) >= 11 is 3.31. The van der Waals surface area contributed by atoms with E-state index >= 15 is 0 Å². The number of aromatic nitrogens is 3. The predicted molar refractivity (Wildman–Crippen MR) is 57.9 cm³/mol. The Morgan fingerprint density at radius 1 is 1.43 bits per heavy atom. The molecule has 0 saturated carbocycles. The zero-order valence-electron chi connectivity index (χ0n) is 7.37. The second kappa shape index (κ2) is 4.23. The molecular weight excluding hydrogens is 244 g/mol. The van der Waals surface area contributed by atoms with E-state index in [0.29, 0.717) is 6.54 Å². The molecule has 0 radical (unpaired) electrons. The molecule has 0 bridgehead atoms. The highest BCUT2D eigenvalue weighted by molar-refractivity contribution is 9.10. The number of nitrogens with one attached hydrogen (secondary N) is 2. The number of halogens is 1. The Balaban J connectivity index is 1.98. The van der Waals surface area contributed by atoms with Crippen LogP contribution in [0.4, 0.5) is 5.82 Å². The SMILES string of the molecule is Brc1cccc(NCc2cnc[nH]2)n1. The molecule has 2 aromatic heterocycles. The second-order valence-corrected chi connectivity index (χ2v) is 3.59. The summed E-state index contributed by atoms with van der Waals surface area (Å²) in [4.78, 5) is 11.2. The van der Waals surface area contributed by atoms with Crippen LogP contribution < -0.4 is 5.32 Å². The van der Waals surface area contributed by atoms with E-state index in [1.807, 2.05) is 18.2 Å². The number of hydrogen-bond acceptors (Lipinski definition) is 3. The second-order valence-electron chi connectivity index (χ2n) is 2.78. The highest BCUT2D eigenvalue weighted by Crippen LogP contribution is 2.10. The van der Waals surface area contributed by atoms with Crippen molar-refractivity contribution in [3.8, 4) is 0 Å². The smallest absolute Gasteiger partial charge is 0.127 e. The summed E-state index contributed by atoms with van der Waals surface area (Å²) in [6.45, 7) is 0.698. The third kappa shape index (κ3) is 2.32. The van der Waals surface area contributed by atoms with Crippen LogP contribution in [0.2, 0.25) is 0 Å². The molecule has 0 aliphatic carbocycles. The van der Waals surface area contributed by atoms with Gasteiger partial charge >= 0.3 is 0 Å². The summed E-state index contributed by atoms with van der Waals surface area (Å²) in [6, 6.07) is 5.74. The van der Waals surface area contributed by atoms with Crippen LogP contribution in [0.3, 0.4) is 0 Å². The molecule has 0 spiro atoms. The molecule has 2 N–H and O–H groups in total. The summed E-state index contributed by atoms with van der Waals surface area (Å²) in [5.74, 6) is 0.842. The Morgan fingerprint density at radius 3 is 3.07 bits per heavy atom. The molecule has 2 heterocycles. The lowest BCUT2D eigenvalue weighted by atomic mass is 10.4. The van der Waals surface area contributed by atoms with E-state index in [1.165, 1.54) is 0 Å². The number of rotatable bonds is 3. The van der Waals surface area contributed by atoms with E-state index in [9.17, 15) is 0 Å². The van der Waals surface area contributed by atoms with Crippen LogP contribution in [0.5, 0.6) is 0 Å². The van der Waals surface area contributed by atoms with Gasteiger partial charge in [-0.15, -0.1) is 0 Å². The Kier molecular flexibility index (Phi) is 2.78. The van der Waals surface area contributed by atoms with E-state index in [2.05, 4.69) is 36.2 Å². The molecule has 0 atom stereocenters. The predicted octanol–water partition coefficient (Wildman–Crippen LogP) is 2.18. The van der Waals surface area contributed by atoms with Crippen molar-refractivity contribution in [2.45, 2.75) is 6.54 Å². The van der Waals surface area contributed by atoms with Crippen molar-refractivity contribution in [3.05, 3.63) is 41.0 Å². The number of hydrogen-bond donors (Lipinski definition) is 2. The summed E-state index contributed by atoms with van der Waals surface area (Å²) in [7, 11) is 0. The number of nitrogens with zero attached hydrogens (tertiary/aromatic N) is 2. The first kappa shape index (κ1) is 9.21. The summed E-state index contributed by atoms with van der Waals surface area (Å²) in [5.41, 5.74) is 1.03. The maximum absolute atomic E-state index is 4.24. The number of aromatic amines is 1. The standard InChI is InChI=1S/C9H9BrN4/c10-8-2-1-3-9(14-8)12-5-7-4-11-6-13-7/h1-4,6H,5H2,(H,11,13)(H,12,14). The lowest BCUT2D eigenvalue weighted by Gasteiger charge is -2.03. The monoisotopic (exact) mass is 252 g/mol. The Hall–Kier alpha value is -1.36. The van der Waals surface area contributed by atoms with E-state index in [4.69, 9.17) is 0 Å². The molecule has 0 unspecified atom stereocenters. The van der Waals surface area contributed by atoms with Crippen molar-refractivity contribution in [2.75, 3.05) is 5.32 Å². The molecule has 0 amide bonds. The Morgan fingerprint density at radius 2 is 2.36 bits per heavy atom. The fourth-order valence-corrected chi connectivity index (χ4v) is 1.42.